The first-order chi connectivity index (χ1) is 12.8. The number of halogens is 1. The van der Waals surface area contributed by atoms with E-state index in [1.54, 1.807) is 19.2 Å². The molecule has 28 heavy (non-hydrogen) atoms. The second-order valence-electron chi connectivity index (χ2n) is 6.60. The molecule has 156 valence electrons. The number of aryl methyl sites for hydroxylation is 3. The van der Waals surface area contributed by atoms with E-state index >= 15 is 0 Å². The molecular weight excluding hydrogens is 489 g/mol. The van der Waals surface area contributed by atoms with E-state index in [0.29, 0.717) is 4.90 Å². The number of hydrogen-bond donors (Lipinski definition) is 2. The standard InChI is InChI=1S/C19H29N5O2S.HI/c1-15-14-16(2)24(23-15)13-5-11-21-19(20-3)22-12-10-17-6-8-18(9-7-17)27(4,25)26;/h6-9,14H,5,10-13H2,1-4H3,(H2,20,21,22);1H. The maximum absolute atomic E-state index is 11.5. The van der Waals surface area contributed by atoms with E-state index in [1.807, 2.05) is 23.7 Å². The predicted molar refractivity (Wildman–Crippen MR) is 124 cm³/mol. The van der Waals surface area contributed by atoms with E-state index in [4.69, 9.17) is 0 Å². The summed E-state index contributed by atoms with van der Waals surface area (Å²) in [4.78, 5) is 4.57. The van der Waals surface area contributed by atoms with Crippen molar-refractivity contribution < 1.29 is 8.42 Å². The molecule has 0 saturated carbocycles. The molecule has 0 fully saturated rings. The van der Waals surface area contributed by atoms with E-state index in [-0.39, 0.29) is 24.0 Å². The lowest BCUT2D eigenvalue weighted by Crippen LogP contribution is -2.39. The molecule has 0 unspecified atom stereocenters. The van der Waals surface area contributed by atoms with Crippen LogP contribution in [0.2, 0.25) is 0 Å². The van der Waals surface area contributed by atoms with Crippen LogP contribution < -0.4 is 10.6 Å². The SMILES string of the molecule is CN=C(NCCCn1nc(C)cc1C)NCCc1ccc(S(C)(=O)=O)cc1.I. The topological polar surface area (TPSA) is 88.4 Å². The summed E-state index contributed by atoms with van der Waals surface area (Å²) in [5, 5.41) is 11.0. The van der Waals surface area contributed by atoms with Crippen molar-refractivity contribution in [3.8, 4) is 0 Å². The lowest BCUT2D eigenvalue weighted by atomic mass is 10.1. The fraction of sp³-hybridized carbons (Fsp3) is 0.474. The first-order valence-electron chi connectivity index (χ1n) is 9.04. The number of aromatic nitrogens is 2. The van der Waals surface area contributed by atoms with Gasteiger partial charge in [0.15, 0.2) is 15.8 Å². The third-order valence-corrected chi connectivity index (χ3v) is 5.35. The van der Waals surface area contributed by atoms with Gasteiger partial charge >= 0.3 is 0 Å². The van der Waals surface area contributed by atoms with Crippen LogP contribution in [-0.4, -0.2) is 50.6 Å². The minimum Gasteiger partial charge on any atom is -0.356 e. The smallest absolute Gasteiger partial charge is 0.190 e. The average Bonchev–Trinajstić information content (AvgIpc) is 2.94. The Morgan fingerprint density at radius 3 is 2.32 bits per heavy atom. The molecule has 2 aromatic rings. The number of benzene rings is 1. The molecule has 2 N–H and O–H groups in total. The molecule has 0 amide bonds. The normalized spacial score (nSPS) is 11.8. The van der Waals surface area contributed by atoms with Gasteiger partial charge in [0.2, 0.25) is 0 Å². The van der Waals surface area contributed by atoms with Gasteiger partial charge in [-0.15, -0.1) is 24.0 Å². The molecule has 0 bridgehead atoms. The molecular formula is C19H30IN5O2S. The number of guanidine groups is 1. The molecule has 0 aliphatic rings. The lowest BCUT2D eigenvalue weighted by molar-refractivity contribution is 0.555. The highest BCUT2D eigenvalue weighted by molar-refractivity contribution is 14.0. The third-order valence-electron chi connectivity index (χ3n) is 4.22. The Morgan fingerprint density at radius 2 is 1.79 bits per heavy atom. The molecule has 0 aliphatic heterocycles. The largest absolute Gasteiger partial charge is 0.356 e. The summed E-state index contributed by atoms with van der Waals surface area (Å²) in [6, 6.07) is 9.08. The number of sulfone groups is 1. The van der Waals surface area contributed by atoms with Crippen LogP contribution in [0.3, 0.4) is 0 Å². The van der Waals surface area contributed by atoms with Gasteiger partial charge in [-0.2, -0.15) is 5.10 Å². The maximum atomic E-state index is 11.5. The van der Waals surface area contributed by atoms with Gasteiger partial charge in [-0.1, -0.05) is 12.1 Å². The molecule has 9 heteroatoms. The number of hydrogen-bond acceptors (Lipinski definition) is 4. The molecule has 2 rings (SSSR count). The van der Waals surface area contributed by atoms with Crippen LogP contribution in [0.4, 0.5) is 0 Å². The second kappa shape index (κ2) is 11.4. The fourth-order valence-electron chi connectivity index (χ4n) is 2.79. The van der Waals surface area contributed by atoms with E-state index < -0.39 is 9.84 Å². The highest BCUT2D eigenvalue weighted by atomic mass is 127. The molecule has 0 aliphatic carbocycles. The highest BCUT2D eigenvalue weighted by Gasteiger charge is 2.06. The zero-order valence-electron chi connectivity index (χ0n) is 16.9. The summed E-state index contributed by atoms with van der Waals surface area (Å²) in [5.41, 5.74) is 3.30. The van der Waals surface area contributed by atoms with Crippen LogP contribution in [0.1, 0.15) is 23.4 Å². The van der Waals surface area contributed by atoms with Crippen LogP contribution in [-0.2, 0) is 22.8 Å². The van der Waals surface area contributed by atoms with Crippen molar-refractivity contribution in [2.24, 2.45) is 4.99 Å². The Bertz CT molecular complexity index is 876. The summed E-state index contributed by atoms with van der Waals surface area (Å²) in [6.45, 7) is 6.46. The van der Waals surface area contributed by atoms with Gasteiger partial charge in [-0.05, 0) is 50.5 Å². The van der Waals surface area contributed by atoms with Gasteiger partial charge in [-0.3, -0.25) is 9.67 Å². The van der Waals surface area contributed by atoms with Crippen molar-refractivity contribution in [1.29, 1.82) is 0 Å². The van der Waals surface area contributed by atoms with E-state index in [9.17, 15) is 8.42 Å². The highest BCUT2D eigenvalue weighted by Crippen LogP contribution is 2.10. The molecule has 0 spiro atoms. The number of nitrogens with zero attached hydrogens (tertiary/aromatic N) is 3. The Hall–Kier alpha value is -1.62. The molecule has 0 radical (unpaired) electrons. The van der Waals surface area contributed by atoms with Gasteiger partial charge in [0.05, 0.1) is 10.6 Å². The molecule has 1 aromatic heterocycles. The Morgan fingerprint density at radius 1 is 1.14 bits per heavy atom. The first-order valence-corrected chi connectivity index (χ1v) is 10.9. The number of aliphatic imine (C=N–C) groups is 1. The summed E-state index contributed by atoms with van der Waals surface area (Å²) in [7, 11) is -1.40. The third kappa shape index (κ3) is 7.78. The van der Waals surface area contributed by atoms with Crippen molar-refractivity contribution >= 4 is 39.8 Å². The maximum Gasteiger partial charge on any atom is 0.190 e. The quantitative estimate of drug-likeness (QED) is 0.242. The van der Waals surface area contributed by atoms with Gasteiger partial charge in [-0.25, -0.2) is 8.42 Å². The minimum atomic E-state index is -3.14. The van der Waals surface area contributed by atoms with Crippen molar-refractivity contribution in [3.05, 3.63) is 47.3 Å². The van der Waals surface area contributed by atoms with Crippen molar-refractivity contribution in [2.45, 2.75) is 38.1 Å². The van der Waals surface area contributed by atoms with Crippen molar-refractivity contribution in [3.63, 3.8) is 0 Å². The number of nitrogens with one attached hydrogen (secondary N) is 2. The summed E-state index contributed by atoms with van der Waals surface area (Å²) < 4.78 is 25.0. The summed E-state index contributed by atoms with van der Waals surface area (Å²) in [5.74, 6) is 0.760. The van der Waals surface area contributed by atoms with Gasteiger partial charge in [0.25, 0.3) is 0 Å². The van der Waals surface area contributed by atoms with Crippen LogP contribution in [0.5, 0.6) is 0 Å². The first kappa shape index (κ1) is 24.4. The number of rotatable bonds is 8. The lowest BCUT2D eigenvalue weighted by Gasteiger charge is -2.12. The molecule has 7 nitrogen and oxygen atoms in total. The monoisotopic (exact) mass is 519 g/mol. The fourth-order valence-corrected chi connectivity index (χ4v) is 3.42. The Balaban J connectivity index is 0.00000392. The molecule has 0 saturated heterocycles. The molecule has 1 aromatic carbocycles. The van der Waals surface area contributed by atoms with E-state index in [1.165, 1.54) is 11.9 Å². The predicted octanol–water partition coefficient (Wildman–Crippen LogP) is 2.32. The van der Waals surface area contributed by atoms with E-state index in [2.05, 4.69) is 33.7 Å². The van der Waals surface area contributed by atoms with Crippen molar-refractivity contribution in [2.75, 3.05) is 26.4 Å². The van der Waals surface area contributed by atoms with Crippen molar-refractivity contribution in [1.82, 2.24) is 20.4 Å². The van der Waals surface area contributed by atoms with E-state index in [0.717, 1.165) is 49.7 Å². The Labute approximate surface area is 185 Å². The molecule has 1 heterocycles. The van der Waals surface area contributed by atoms with Gasteiger partial charge in [0, 0.05) is 38.6 Å². The zero-order valence-corrected chi connectivity index (χ0v) is 20.0. The average molecular weight is 519 g/mol. The van der Waals surface area contributed by atoms with Crippen LogP contribution in [0, 0.1) is 13.8 Å². The van der Waals surface area contributed by atoms with Gasteiger partial charge < -0.3 is 10.6 Å². The minimum absolute atomic E-state index is 0. The second-order valence-corrected chi connectivity index (χ2v) is 8.61. The zero-order chi connectivity index (χ0) is 19.9. The molecule has 0 atom stereocenters. The van der Waals surface area contributed by atoms with Gasteiger partial charge in [0.1, 0.15) is 0 Å². The van der Waals surface area contributed by atoms with Crippen LogP contribution in [0.15, 0.2) is 40.2 Å². The van der Waals surface area contributed by atoms with Crippen LogP contribution >= 0.6 is 24.0 Å². The Kier molecular flexibility index (Phi) is 9.94. The summed E-state index contributed by atoms with van der Waals surface area (Å²) in [6.07, 6.45) is 2.96. The summed E-state index contributed by atoms with van der Waals surface area (Å²) >= 11 is 0. The van der Waals surface area contributed by atoms with Crippen LogP contribution in [0.25, 0.3) is 0 Å².